The lowest BCUT2D eigenvalue weighted by atomic mass is 10.0. The van der Waals surface area contributed by atoms with E-state index in [4.69, 9.17) is 11.6 Å². The quantitative estimate of drug-likeness (QED) is 0.109. The summed E-state index contributed by atoms with van der Waals surface area (Å²) in [4.78, 5) is 25.4. The summed E-state index contributed by atoms with van der Waals surface area (Å²) >= 11 is 6.41. The maximum absolute atomic E-state index is 12.9. The minimum absolute atomic E-state index is 0.0295. The Balaban J connectivity index is 1.64. The number of hydrogen-bond donors (Lipinski definition) is 4. The molecule has 1 saturated heterocycles. The molecule has 1 fully saturated rings. The number of phenolic OH excluding ortho intramolecular Hbond substituents is 1. The van der Waals surface area contributed by atoms with Gasteiger partial charge >= 0.3 is 0 Å². The van der Waals surface area contributed by atoms with Gasteiger partial charge in [0.1, 0.15) is 17.9 Å². The van der Waals surface area contributed by atoms with Crippen LogP contribution in [0, 0.1) is 6.92 Å². The van der Waals surface area contributed by atoms with E-state index in [1.807, 2.05) is 25.1 Å². The van der Waals surface area contributed by atoms with Gasteiger partial charge in [-0.2, -0.15) is 4.98 Å². The van der Waals surface area contributed by atoms with Gasteiger partial charge in [0.15, 0.2) is 5.82 Å². The van der Waals surface area contributed by atoms with Crippen LogP contribution in [0.1, 0.15) is 18.4 Å². The second kappa shape index (κ2) is 12.5. The van der Waals surface area contributed by atoms with E-state index in [9.17, 15) is 14.5 Å². The van der Waals surface area contributed by atoms with Gasteiger partial charge in [-0.05, 0) is 71.5 Å². The molecule has 1 amide bonds. The minimum Gasteiger partial charge on any atom is -0.506 e. The third kappa shape index (κ3) is 7.38. The number of halogens is 1. The first-order valence-electron chi connectivity index (χ1n) is 13.3. The highest BCUT2D eigenvalue weighted by Crippen LogP contribution is 2.40. The summed E-state index contributed by atoms with van der Waals surface area (Å²) in [5, 5.41) is 21.0. The van der Waals surface area contributed by atoms with Crippen molar-refractivity contribution in [3.05, 3.63) is 59.8 Å². The maximum atomic E-state index is 12.9. The number of amides is 1. The molecular weight excluding hydrogens is 561 g/mol. The molecule has 2 heterocycles. The van der Waals surface area contributed by atoms with Crippen molar-refractivity contribution in [2.45, 2.75) is 25.8 Å². The number of anilines is 6. The molecule has 0 unspecified atom stereocenters. The Morgan fingerprint density at radius 1 is 1.15 bits per heavy atom. The van der Waals surface area contributed by atoms with Crippen molar-refractivity contribution in [2.75, 3.05) is 61.4 Å². The van der Waals surface area contributed by atoms with Crippen molar-refractivity contribution in [2.24, 2.45) is 0 Å². The Morgan fingerprint density at radius 3 is 2.49 bits per heavy atom. The third-order valence-electron chi connectivity index (χ3n) is 7.07. The summed E-state index contributed by atoms with van der Waals surface area (Å²) in [6.45, 7) is 10.5. The van der Waals surface area contributed by atoms with E-state index in [0.717, 1.165) is 37.2 Å². The number of rotatable bonds is 9. The molecule has 0 atom stereocenters. The Labute approximate surface area is 246 Å². The molecule has 0 spiro atoms. The SMILES string of the molecule is C=CC(=O)Nc1cc(Nc2ncc(Cl)c(Nc3ccc(C)cc3P(C)(C)=O)n2)c(O)cc1N1CCC(N(C)C)CC1. The van der Waals surface area contributed by atoms with E-state index < -0.39 is 7.14 Å². The molecule has 0 saturated carbocycles. The zero-order valence-corrected chi connectivity index (χ0v) is 25.7. The van der Waals surface area contributed by atoms with Crippen molar-refractivity contribution in [1.82, 2.24) is 14.9 Å². The molecule has 0 bridgehead atoms. The zero-order chi connectivity index (χ0) is 29.9. The van der Waals surface area contributed by atoms with Crippen LogP contribution in [0.15, 0.2) is 49.2 Å². The van der Waals surface area contributed by atoms with Crippen molar-refractivity contribution in [1.29, 1.82) is 0 Å². The normalized spacial score (nSPS) is 14.2. The van der Waals surface area contributed by atoms with Crippen LogP contribution in [0.25, 0.3) is 0 Å². The number of piperidine rings is 1. The highest BCUT2D eigenvalue weighted by atomic mass is 35.5. The lowest BCUT2D eigenvalue weighted by Crippen LogP contribution is -2.42. The number of nitrogens with one attached hydrogen (secondary N) is 3. The van der Waals surface area contributed by atoms with Crippen molar-refractivity contribution >= 4 is 64.5 Å². The summed E-state index contributed by atoms with van der Waals surface area (Å²) < 4.78 is 12.9. The van der Waals surface area contributed by atoms with Gasteiger partial charge in [-0.25, -0.2) is 4.98 Å². The number of carbonyl (C=O) groups excluding carboxylic acids is 1. The average Bonchev–Trinajstić information content (AvgIpc) is 2.92. The summed E-state index contributed by atoms with van der Waals surface area (Å²) in [6, 6.07) is 9.41. The summed E-state index contributed by atoms with van der Waals surface area (Å²) in [6.07, 6.45) is 4.56. The van der Waals surface area contributed by atoms with Gasteiger partial charge in [-0.15, -0.1) is 0 Å². The Morgan fingerprint density at radius 2 is 1.85 bits per heavy atom. The molecule has 41 heavy (non-hydrogen) atoms. The molecular formula is C29H37ClN7O3P. The fourth-order valence-electron chi connectivity index (χ4n) is 4.80. The second-order valence-electron chi connectivity index (χ2n) is 10.8. The van der Waals surface area contributed by atoms with Gasteiger partial charge in [-0.1, -0.05) is 29.8 Å². The third-order valence-corrected chi connectivity index (χ3v) is 8.88. The first kappa shape index (κ1) is 30.4. The van der Waals surface area contributed by atoms with Gasteiger partial charge < -0.3 is 35.4 Å². The first-order chi connectivity index (χ1) is 19.3. The van der Waals surface area contributed by atoms with Crippen LogP contribution in [-0.2, 0) is 9.36 Å². The highest BCUT2D eigenvalue weighted by molar-refractivity contribution is 7.70. The van der Waals surface area contributed by atoms with Gasteiger partial charge in [0, 0.05) is 30.5 Å². The number of aromatic nitrogens is 2. The molecule has 3 aromatic rings. The number of hydrogen-bond acceptors (Lipinski definition) is 9. The Kier molecular flexibility index (Phi) is 9.27. The van der Waals surface area contributed by atoms with Crippen LogP contribution in [0.2, 0.25) is 5.02 Å². The van der Waals surface area contributed by atoms with Crippen LogP contribution < -0.4 is 26.2 Å². The number of phenols is 1. The molecule has 10 nitrogen and oxygen atoms in total. The predicted molar refractivity (Wildman–Crippen MR) is 170 cm³/mol. The van der Waals surface area contributed by atoms with Crippen LogP contribution in [0.5, 0.6) is 5.75 Å². The average molecular weight is 598 g/mol. The first-order valence-corrected chi connectivity index (χ1v) is 16.3. The Hall–Kier alpha value is -3.59. The van der Waals surface area contributed by atoms with Crippen LogP contribution in [-0.4, -0.2) is 72.4 Å². The summed E-state index contributed by atoms with van der Waals surface area (Å²) in [5.41, 5.74) is 3.17. The van der Waals surface area contributed by atoms with Crippen LogP contribution in [0.3, 0.4) is 0 Å². The fraction of sp³-hybridized carbons (Fsp3) is 0.345. The van der Waals surface area contributed by atoms with E-state index >= 15 is 0 Å². The predicted octanol–water partition coefficient (Wildman–Crippen LogP) is 5.53. The van der Waals surface area contributed by atoms with Crippen LogP contribution >= 0.6 is 18.7 Å². The molecule has 1 aromatic heterocycles. The van der Waals surface area contributed by atoms with Gasteiger partial charge in [0.2, 0.25) is 11.9 Å². The molecule has 4 N–H and O–H groups in total. The minimum atomic E-state index is -2.60. The van der Waals surface area contributed by atoms with Gasteiger partial charge in [0.05, 0.1) is 28.9 Å². The van der Waals surface area contributed by atoms with Gasteiger partial charge in [-0.3, -0.25) is 4.79 Å². The molecule has 218 valence electrons. The van der Waals surface area contributed by atoms with E-state index in [-0.39, 0.29) is 22.6 Å². The fourth-order valence-corrected chi connectivity index (χ4v) is 6.17. The lowest BCUT2D eigenvalue weighted by Gasteiger charge is -2.37. The molecule has 12 heteroatoms. The molecule has 1 aliphatic rings. The molecule has 1 aliphatic heterocycles. The summed E-state index contributed by atoms with van der Waals surface area (Å²) in [7, 11) is 1.56. The highest BCUT2D eigenvalue weighted by Gasteiger charge is 2.24. The van der Waals surface area contributed by atoms with Crippen molar-refractivity contribution in [3.8, 4) is 5.75 Å². The standard InChI is InChI=1S/C29H37ClN7O3P/c1-7-27(39)32-22-15-23(25(38)16-24(22)37-12-10-19(11-13-37)36(3)4)34-29-31-17-20(30)28(35-29)33-21-9-8-18(2)14-26(21)41(5,6)40/h7-9,14-17,19,38H,1,10-13H2,2-6H3,(H,32,39)(H2,31,33,34,35). The van der Waals surface area contributed by atoms with Crippen molar-refractivity contribution in [3.63, 3.8) is 0 Å². The number of aryl methyl sites for hydroxylation is 1. The number of benzene rings is 2. The lowest BCUT2D eigenvalue weighted by molar-refractivity contribution is -0.111. The van der Waals surface area contributed by atoms with Crippen LogP contribution in [0.4, 0.5) is 34.5 Å². The zero-order valence-electron chi connectivity index (χ0n) is 24.0. The number of aromatic hydroxyl groups is 1. The van der Waals surface area contributed by atoms with E-state index in [1.54, 1.807) is 25.5 Å². The van der Waals surface area contributed by atoms with E-state index in [0.29, 0.717) is 34.2 Å². The second-order valence-corrected chi connectivity index (χ2v) is 14.4. The largest absolute Gasteiger partial charge is 0.506 e. The smallest absolute Gasteiger partial charge is 0.247 e. The number of carbonyl (C=O) groups is 1. The molecule has 0 aliphatic carbocycles. The summed E-state index contributed by atoms with van der Waals surface area (Å²) in [5.74, 6) is 0.0804. The molecule has 2 aromatic carbocycles. The van der Waals surface area contributed by atoms with Crippen molar-refractivity contribution < 1.29 is 14.5 Å². The van der Waals surface area contributed by atoms with Gasteiger partial charge in [0.25, 0.3) is 0 Å². The maximum Gasteiger partial charge on any atom is 0.247 e. The monoisotopic (exact) mass is 597 g/mol. The molecule has 0 radical (unpaired) electrons. The Bertz CT molecular complexity index is 1500. The van der Waals surface area contributed by atoms with E-state index in [2.05, 4.69) is 56.4 Å². The molecule has 4 rings (SSSR count). The topological polar surface area (TPSA) is 123 Å². The number of nitrogens with zero attached hydrogens (tertiary/aromatic N) is 4. The van der Waals surface area contributed by atoms with E-state index in [1.165, 1.54) is 12.3 Å².